The molecule has 120 valence electrons. The molecule has 0 aromatic heterocycles. The zero-order chi connectivity index (χ0) is 15.2. The molecule has 0 aliphatic carbocycles. The van der Waals surface area contributed by atoms with Gasteiger partial charge in [-0.25, -0.2) is 0 Å². The third-order valence-electron chi connectivity index (χ3n) is 3.33. The Kier molecular flexibility index (Phi) is 12.9. The first kappa shape index (κ1) is 19.4. The van der Waals surface area contributed by atoms with E-state index in [1.54, 1.807) is 7.11 Å². The molecule has 0 rings (SSSR count). The Morgan fingerprint density at radius 1 is 1.10 bits per heavy atom. The Morgan fingerprint density at radius 2 is 1.85 bits per heavy atom. The number of nitrogens with two attached hydrogens (primary N) is 1. The zero-order valence-electron chi connectivity index (χ0n) is 13.2. The van der Waals surface area contributed by atoms with Gasteiger partial charge in [0.05, 0.1) is 6.61 Å². The lowest BCUT2D eigenvalue weighted by Crippen LogP contribution is -2.17. The molecule has 0 aromatic rings. The third kappa shape index (κ3) is 11.2. The van der Waals surface area contributed by atoms with Crippen molar-refractivity contribution in [2.45, 2.75) is 39.5 Å². The maximum atomic E-state index is 11.6. The van der Waals surface area contributed by atoms with Crippen molar-refractivity contribution in [1.82, 2.24) is 0 Å². The molecule has 2 N–H and O–H groups in total. The van der Waals surface area contributed by atoms with E-state index in [4.69, 9.17) is 19.9 Å². The van der Waals surface area contributed by atoms with Gasteiger partial charge in [0.15, 0.2) is 0 Å². The predicted octanol–water partition coefficient (Wildman–Crippen LogP) is 1.98. The number of ether oxygens (including phenoxy) is 3. The molecule has 0 heterocycles. The summed E-state index contributed by atoms with van der Waals surface area (Å²) in [5.41, 5.74) is 5.58. The van der Waals surface area contributed by atoms with Crippen LogP contribution in [0.25, 0.3) is 0 Å². The molecule has 0 fully saturated rings. The lowest BCUT2D eigenvalue weighted by Gasteiger charge is -2.19. The molecule has 5 heteroatoms. The van der Waals surface area contributed by atoms with Crippen molar-refractivity contribution >= 4 is 5.97 Å². The average Bonchev–Trinajstić information content (AvgIpc) is 2.42. The van der Waals surface area contributed by atoms with E-state index >= 15 is 0 Å². The van der Waals surface area contributed by atoms with E-state index in [1.165, 1.54) is 0 Å². The van der Waals surface area contributed by atoms with Crippen molar-refractivity contribution in [3.8, 4) is 0 Å². The Morgan fingerprint density at radius 3 is 2.45 bits per heavy atom. The van der Waals surface area contributed by atoms with Gasteiger partial charge in [0.2, 0.25) is 0 Å². The minimum Gasteiger partial charge on any atom is -0.463 e. The lowest BCUT2D eigenvalue weighted by molar-refractivity contribution is -0.145. The summed E-state index contributed by atoms with van der Waals surface area (Å²) < 4.78 is 15.4. The first-order valence-corrected chi connectivity index (χ1v) is 7.54. The lowest BCUT2D eigenvalue weighted by atomic mass is 9.88. The minimum absolute atomic E-state index is 0.145. The minimum atomic E-state index is -0.145. The van der Waals surface area contributed by atoms with Crippen LogP contribution in [0.5, 0.6) is 0 Å². The number of hydrogen-bond donors (Lipinski definition) is 1. The summed E-state index contributed by atoms with van der Waals surface area (Å²) in [6.45, 7) is 7.11. The highest BCUT2D eigenvalue weighted by molar-refractivity contribution is 5.69. The highest BCUT2D eigenvalue weighted by Gasteiger charge is 2.14. The fraction of sp³-hybridized carbons (Fsp3) is 0.933. The van der Waals surface area contributed by atoms with Crippen molar-refractivity contribution in [2.24, 2.45) is 17.6 Å². The van der Waals surface area contributed by atoms with Crippen molar-refractivity contribution < 1.29 is 19.0 Å². The van der Waals surface area contributed by atoms with E-state index < -0.39 is 0 Å². The smallest absolute Gasteiger partial charge is 0.305 e. The Hall–Kier alpha value is -0.650. The van der Waals surface area contributed by atoms with Crippen LogP contribution in [0, 0.1) is 11.8 Å². The molecule has 0 bridgehead atoms. The topological polar surface area (TPSA) is 70.8 Å². The standard InChI is InChI=1S/C15H31NO4/c1-13(2)14(7-8-16)5-6-15(17)20-12-11-19-10-4-9-18-3/h13-14H,4-12,16H2,1-3H3. The van der Waals surface area contributed by atoms with Crippen molar-refractivity contribution in [3.63, 3.8) is 0 Å². The van der Waals surface area contributed by atoms with Crippen molar-refractivity contribution in [2.75, 3.05) is 40.1 Å². The number of methoxy groups -OCH3 is 1. The number of rotatable bonds is 13. The SMILES string of the molecule is COCCCOCCOC(=O)CCC(CCN)C(C)C. The van der Waals surface area contributed by atoms with Gasteiger partial charge in [-0.05, 0) is 37.6 Å². The van der Waals surface area contributed by atoms with Crippen molar-refractivity contribution in [1.29, 1.82) is 0 Å². The van der Waals surface area contributed by atoms with Crippen LogP contribution in [0.3, 0.4) is 0 Å². The van der Waals surface area contributed by atoms with Crippen LogP contribution in [0.15, 0.2) is 0 Å². The molecule has 5 nitrogen and oxygen atoms in total. The maximum Gasteiger partial charge on any atom is 0.305 e. The molecule has 0 radical (unpaired) electrons. The van der Waals surface area contributed by atoms with Crippen LogP contribution in [-0.4, -0.2) is 46.1 Å². The largest absolute Gasteiger partial charge is 0.463 e. The second kappa shape index (κ2) is 13.3. The van der Waals surface area contributed by atoms with Gasteiger partial charge in [-0.15, -0.1) is 0 Å². The second-order valence-electron chi connectivity index (χ2n) is 5.30. The third-order valence-corrected chi connectivity index (χ3v) is 3.33. The zero-order valence-corrected chi connectivity index (χ0v) is 13.2. The highest BCUT2D eigenvalue weighted by atomic mass is 16.6. The van der Waals surface area contributed by atoms with Gasteiger partial charge in [0, 0.05) is 26.7 Å². The highest BCUT2D eigenvalue weighted by Crippen LogP contribution is 2.20. The second-order valence-corrected chi connectivity index (χ2v) is 5.30. The molecule has 1 unspecified atom stereocenters. The van der Waals surface area contributed by atoms with E-state index in [0.717, 1.165) is 19.3 Å². The molecule has 20 heavy (non-hydrogen) atoms. The first-order valence-electron chi connectivity index (χ1n) is 7.54. The van der Waals surface area contributed by atoms with Gasteiger partial charge in [-0.2, -0.15) is 0 Å². The van der Waals surface area contributed by atoms with Crippen molar-refractivity contribution in [3.05, 3.63) is 0 Å². The molecule has 0 amide bonds. The normalized spacial score (nSPS) is 12.7. The summed E-state index contributed by atoms with van der Waals surface area (Å²) in [6.07, 6.45) is 3.14. The Balaban J connectivity index is 3.53. The molecule has 0 aliphatic heterocycles. The number of esters is 1. The maximum absolute atomic E-state index is 11.6. The fourth-order valence-electron chi connectivity index (χ4n) is 2.02. The summed E-state index contributed by atoms with van der Waals surface area (Å²) in [4.78, 5) is 11.6. The van der Waals surface area contributed by atoms with E-state index in [1.807, 2.05) is 0 Å². The summed E-state index contributed by atoms with van der Waals surface area (Å²) in [6, 6.07) is 0. The van der Waals surface area contributed by atoms with Gasteiger partial charge in [-0.1, -0.05) is 13.8 Å². The first-order chi connectivity index (χ1) is 9.61. The van der Waals surface area contributed by atoms with E-state index in [0.29, 0.717) is 51.2 Å². The molecule has 0 spiro atoms. The monoisotopic (exact) mass is 289 g/mol. The van der Waals surface area contributed by atoms with E-state index in [9.17, 15) is 4.79 Å². The fourth-order valence-corrected chi connectivity index (χ4v) is 2.02. The molecular formula is C15H31NO4. The molecular weight excluding hydrogens is 258 g/mol. The molecule has 0 aliphatic rings. The summed E-state index contributed by atoms with van der Waals surface area (Å²) in [7, 11) is 1.66. The molecule has 0 saturated carbocycles. The molecule has 0 saturated heterocycles. The quantitative estimate of drug-likeness (QED) is 0.415. The van der Waals surface area contributed by atoms with Crippen LogP contribution >= 0.6 is 0 Å². The van der Waals surface area contributed by atoms with Crippen LogP contribution in [-0.2, 0) is 19.0 Å². The van der Waals surface area contributed by atoms with Gasteiger partial charge in [0.25, 0.3) is 0 Å². The summed E-state index contributed by atoms with van der Waals surface area (Å²) in [5, 5.41) is 0. The number of hydrogen-bond acceptors (Lipinski definition) is 5. The van der Waals surface area contributed by atoms with E-state index in [-0.39, 0.29) is 5.97 Å². The average molecular weight is 289 g/mol. The van der Waals surface area contributed by atoms with Gasteiger partial charge in [-0.3, -0.25) is 4.79 Å². The summed E-state index contributed by atoms with van der Waals surface area (Å²) in [5.74, 6) is 0.904. The molecule has 0 aromatic carbocycles. The van der Waals surface area contributed by atoms with Crippen LogP contribution in [0.2, 0.25) is 0 Å². The number of carbonyl (C=O) groups excluding carboxylic acids is 1. The van der Waals surface area contributed by atoms with Crippen LogP contribution < -0.4 is 5.73 Å². The Bertz CT molecular complexity index is 234. The molecule has 1 atom stereocenters. The van der Waals surface area contributed by atoms with E-state index in [2.05, 4.69) is 13.8 Å². The number of carbonyl (C=O) groups is 1. The predicted molar refractivity (Wildman–Crippen MR) is 79.5 cm³/mol. The van der Waals surface area contributed by atoms with Gasteiger partial charge in [0.1, 0.15) is 6.61 Å². The Labute approximate surface area is 123 Å². The van der Waals surface area contributed by atoms with Gasteiger partial charge >= 0.3 is 5.97 Å². The van der Waals surface area contributed by atoms with Crippen LogP contribution in [0.4, 0.5) is 0 Å². The summed E-state index contributed by atoms with van der Waals surface area (Å²) >= 11 is 0. The van der Waals surface area contributed by atoms with Gasteiger partial charge < -0.3 is 19.9 Å². The van der Waals surface area contributed by atoms with Crippen LogP contribution in [0.1, 0.15) is 39.5 Å².